The Morgan fingerprint density at radius 1 is 0.920 bits per heavy atom. The summed E-state index contributed by atoms with van der Waals surface area (Å²) in [6.07, 6.45) is 0. The van der Waals surface area contributed by atoms with E-state index in [1.54, 1.807) is 12.1 Å². The van der Waals surface area contributed by atoms with Crippen LogP contribution < -0.4 is 14.2 Å². The third-order valence-electron chi connectivity index (χ3n) is 4.06. The predicted molar refractivity (Wildman–Crippen MR) is 99.1 cm³/mol. The molecule has 5 nitrogen and oxygen atoms in total. The Morgan fingerprint density at radius 3 is 2.28 bits per heavy atom. The molecule has 2 rings (SSSR count). The van der Waals surface area contributed by atoms with Crippen molar-refractivity contribution in [3.8, 4) is 11.5 Å². The van der Waals surface area contributed by atoms with Crippen LogP contribution in [0.1, 0.15) is 22.3 Å². The molecule has 2 aromatic rings. The average molecular weight is 363 g/mol. The Morgan fingerprint density at radius 2 is 1.60 bits per heavy atom. The van der Waals surface area contributed by atoms with Gasteiger partial charge in [0.2, 0.25) is 10.0 Å². The van der Waals surface area contributed by atoms with E-state index in [0.29, 0.717) is 5.75 Å². The molecule has 0 heterocycles. The summed E-state index contributed by atoms with van der Waals surface area (Å²) >= 11 is 0. The van der Waals surface area contributed by atoms with Crippen molar-refractivity contribution in [1.29, 1.82) is 0 Å². The first kappa shape index (κ1) is 19.3. The quantitative estimate of drug-likeness (QED) is 0.767. The molecule has 6 heteroatoms. The van der Waals surface area contributed by atoms with Gasteiger partial charge in [-0.3, -0.25) is 0 Å². The highest BCUT2D eigenvalue weighted by Crippen LogP contribution is 2.27. The van der Waals surface area contributed by atoms with Gasteiger partial charge >= 0.3 is 0 Å². The molecule has 1 N–H and O–H groups in total. The monoisotopic (exact) mass is 363 g/mol. The molecule has 136 valence electrons. The van der Waals surface area contributed by atoms with Crippen LogP contribution in [0.3, 0.4) is 0 Å². The van der Waals surface area contributed by atoms with Crippen molar-refractivity contribution in [1.82, 2.24) is 4.72 Å². The van der Waals surface area contributed by atoms with Gasteiger partial charge in [0.25, 0.3) is 0 Å². The fourth-order valence-corrected chi connectivity index (χ4v) is 3.66. The van der Waals surface area contributed by atoms with Gasteiger partial charge in [-0.25, -0.2) is 13.1 Å². The second-order valence-corrected chi connectivity index (χ2v) is 7.84. The number of hydrogen-bond donors (Lipinski definition) is 1. The largest absolute Gasteiger partial charge is 0.495 e. The number of nitrogens with one attached hydrogen (secondary N) is 1. The number of sulfonamides is 1. The van der Waals surface area contributed by atoms with E-state index in [2.05, 4.69) is 4.72 Å². The first-order chi connectivity index (χ1) is 11.7. The molecule has 0 saturated heterocycles. The van der Waals surface area contributed by atoms with Crippen molar-refractivity contribution in [3.05, 3.63) is 52.6 Å². The summed E-state index contributed by atoms with van der Waals surface area (Å²) in [6, 6.07) is 9.29. The van der Waals surface area contributed by atoms with Crippen LogP contribution in [-0.2, 0) is 10.0 Å². The molecule has 0 radical (unpaired) electrons. The molecule has 0 aliphatic rings. The molecule has 0 aliphatic heterocycles. The molecule has 0 amide bonds. The van der Waals surface area contributed by atoms with Gasteiger partial charge < -0.3 is 9.47 Å². The lowest BCUT2D eigenvalue weighted by molar-refractivity contribution is 0.320. The smallest absolute Gasteiger partial charge is 0.244 e. The lowest BCUT2D eigenvalue weighted by Gasteiger charge is -2.14. The predicted octanol–water partition coefficient (Wildman–Crippen LogP) is 3.29. The van der Waals surface area contributed by atoms with E-state index in [4.69, 9.17) is 9.47 Å². The Kier molecular flexibility index (Phi) is 6.08. The molecule has 0 aliphatic carbocycles. The van der Waals surface area contributed by atoms with Crippen LogP contribution in [0.5, 0.6) is 11.5 Å². The number of benzene rings is 2. The summed E-state index contributed by atoms with van der Waals surface area (Å²) in [5.41, 5.74) is 3.99. The summed E-state index contributed by atoms with van der Waals surface area (Å²) in [5, 5.41) is 0. The molecule has 0 unspecified atom stereocenters. The molecule has 0 bridgehead atoms. The molecule has 0 fully saturated rings. The van der Waals surface area contributed by atoms with Gasteiger partial charge in [0.1, 0.15) is 23.0 Å². The van der Waals surface area contributed by atoms with Gasteiger partial charge in [0, 0.05) is 6.54 Å². The van der Waals surface area contributed by atoms with E-state index in [9.17, 15) is 8.42 Å². The van der Waals surface area contributed by atoms with Crippen LogP contribution in [0.2, 0.25) is 0 Å². The highest BCUT2D eigenvalue weighted by molar-refractivity contribution is 7.89. The first-order valence-electron chi connectivity index (χ1n) is 8.09. The van der Waals surface area contributed by atoms with Crippen LogP contribution >= 0.6 is 0 Å². The molecule has 0 saturated carbocycles. The maximum Gasteiger partial charge on any atom is 0.244 e. The number of rotatable bonds is 7. The first-order valence-corrected chi connectivity index (χ1v) is 9.58. The van der Waals surface area contributed by atoms with Crippen molar-refractivity contribution < 1.29 is 17.9 Å². The van der Waals surface area contributed by atoms with E-state index in [1.165, 1.54) is 7.11 Å². The molecule has 25 heavy (non-hydrogen) atoms. The molecule has 0 spiro atoms. The van der Waals surface area contributed by atoms with Crippen molar-refractivity contribution in [2.24, 2.45) is 0 Å². The normalized spacial score (nSPS) is 11.4. The van der Waals surface area contributed by atoms with Crippen molar-refractivity contribution in [2.75, 3.05) is 20.3 Å². The minimum Gasteiger partial charge on any atom is -0.495 e. The zero-order valence-corrected chi connectivity index (χ0v) is 16.2. The standard InChI is InChI=1S/C19H25NO4S/c1-13-6-7-14(2)17(10-13)24-9-8-20-25(21,22)19-12-16(4)15(3)11-18(19)23-5/h6-7,10-12,20H,8-9H2,1-5H3. The van der Waals surface area contributed by atoms with E-state index in [1.807, 2.05) is 45.9 Å². The van der Waals surface area contributed by atoms with Crippen molar-refractivity contribution in [2.45, 2.75) is 32.6 Å². The third kappa shape index (κ3) is 4.74. The molecular weight excluding hydrogens is 338 g/mol. The fourth-order valence-electron chi connectivity index (χ4n) is 2.41. The van der Waals surface area contributed by atoms with Crippen LogP contribution in [0.4, 0.5) is 0 Å². The highest BCUT2D eigenvalue weighted by Gasteiger charge is 2.20. The van der Waals surface area contributed by atoms with Crippen LogP contribution in [0.15, 0.2) is 35.2 Å². The minimum absolute atomic E-state index is 0.143. The molecular formula is C19H25NO4S. The Balaban J connectivity index is 2.05. The lowest BCUT2D eigenvalue weighted by Crippen LogP contribution is -2.28. The van der Waals surface area contributed by atoms with Gasteiger partial charge in [-0.15, -0.1) is 0 Å². The van der Waals surface area contributed by atoms with E-state index < -0.39 is 10.0 Å². The summed E-state index contributed by atoms with van der Waals surface area (Å²) in [7, 11) is -2.20. The van der Waals surface area contributed by atoms with Gasteiger partial charge in [-0.05, 0) is 68.1 Å². The van der Waals surface area contributed by atoms with Crippen LogP contribution in [0.25, 0.3) is 0 Å². The summed E-state index contributed by atoms with van der Waals surface area (Å²) in [5.74, 6) is 1.11. The summed E-state index contributed by atoms with van der Waals surface area (Å²) in [6.45, 7) is 8.15. The van der Waals surface area contributed by atoms with E-state index in [0.717, 1.165) is 28.0 Å². The number of aryl methyl sites for hydroxylation is 4. The Bertz CT molecular complexity index is 860. The van der Waals surface area contributed by atoms with Gasteiger partial charge in [-0.2, -0.15) is 0 Å². The van der Waals surface area contributed by atoms with Crippen LogP contribution in [-0.4, -0.2) is 28.7 Å². The van der Waals surface area contributed by atoms with Crippen molar-refractivity contribution in [3.63, 3.8) is 0 Å². The summed E-state index contributed by atoms with van der Waals surface area (Å²) < 4.78 is 38.6. The van der Waals surface area contributed by atoms with Crippen molar-refractivity contribution >= 4 is 10.0 Å². The molecule has 2 aromatic carbocycles. The zero-order chi connectivity index (χ0) is 18.6. The van der Waals surface area contributed by atoms with Gasteiger partial charge in [-0.1, -0.05) is 12.1 Å². The minimum atomic E-state index is -3.67. The van der Waals surface area contributed by atoms with Crippen LogP contribution in [0, 0.1) is 27.7 Å². The Hall–Kier alpha value is -2.05. The van der Waals surface area contributed by atoms with E-state index in [-0.39, 0.29) is 18.0 Å². The lowest BCUT2D eigenvalue weighted by atomic mass is 10.1. The maximum atomic E-state index is 12.6. The summed E-state index contributed by atoms with van der Waals surface area (Å²) in [4.78, 5) is 0.143. The fraction of sp³-hybridized carbons (Fsp3) is 0.368. The third-order valence-corrected chi connectivity index (χ3v) is 5.55. The number of hydrogen-bond acceptors (Lipinski definition) is 4. The Labute approximate surface area is 150 Å². The molecule has 0 aromatic heterocycles. The maximum absolute atomic E-state index is 12.6. The topological polar surface area (TPSA) is 64.6 Å². The van der Waals surface area contributed by atoms with Gasteiger partial charge in [0.05, 0.1) is 7.11 Å². The average Bonchev–Trinajstić information content (AvgIpc) is 2.56. The van der Waals surface area contributed by atoms with Gasteiger partial charge in [0.15, 0.2) is 0 Å². The van der Waals surface area contributed by atoms with E-state index >= 15 is 0 Å². The molecule has 0 atom stereocenters. The number of methoxy groups -OCH3 is 1. The zero-order valence-electron chi connectivity index (χ0n) is 15.3. The number of ether oxygens (including phenoxy) is 2. The SMILES string of the molecule is COc1cc(C)c(C)cc1S(=O)(=O)NCCOc1cc(C)ccc1C. The second-order valence-electron chi connectivity index (χ2n) is 6.10. The second kappa shape index (κ2) is 7.89. The highest BCUT2D eigenvalue weighted by atomic mass is 32.2.